The molecule has 1 aliphatic carbocycles. The lowest BCUT2D eigenvalue weighted by molar-refractivity contribution is 0.100. The standard InChI is InChI=1S/C12H17N3O/c1-7(8-2-3-8)15-11-6-9(13)4-5-10(11)12(14)16/h4-8,15H,2-3,13H2,1H3,(H2,14,16). The van der Waals surface area contributed by atoms with Crippen molar-refractivity contribution in [1.82, 2.24) is 0 Å². The van der Waals surface area contributed by atoms with E-state index in [4.69, 9.17) is 11.5 Å². The largest absolute Gasteiger partial charge is 0.399 e. The van der Waals surface area contributed by atoms with E-state index in [1.54, 1.807) is 18.2 Å². The van der Waals surface area contributed by atoms with Crippen LogP contribution in [0.2, 0.25) is 0 Å². The second kappa shape index (κ2) is 4.04. The van der Waals surface area contributed by atoms with Crippen LogP contribution in [0, 0.1) is 5.92 Å². The summed E-state index contributed by atoms with van der Waals surface area (Å²) in [6.45, 7) is 2.12. The third kappa shape index (κ3) is 2.27. The maximum Gasteiger partial charge on any atom is 0.250 e. The van der Waals surface area contributed by atoms with Crippen LogP contribution in [0.4, 0.5) is 11.4 Å². The van der Waals surface area contributed by atoms with Gasteiger partial charge in [-0.05, 0) is 43.9 Å². The van der Waals surface area contributed by atoms with Crippen LogP contribution in [0.25, 0.3) is 0 Å². The highest BCUT2D eigenvalue weighted by Crippen LogP contribution is 2.34. The van der Waals surface area contributed by atoms with Crippen molar-refractivity contribution in [1.29, 1.82) is 0 Å². The SMILES string of the molecule is CC(Nc1cc(N)ccc1C(N)=O)C1CC1. The van der Waals surface area contributed by atoms with Crippen LogP contribution < -0.4 is 16.8 Å². The molecule has 1 aromatic carbocycles. The summed E-state index contributed by atoms with van der Waals surface area (Å²) in [6.07, 6.45) is 2.50. The zero-order chi connectivity index (χ0) is 11.7. The Kier molecular flexibility index (Phi) is 2.73. The molecule has 0 bridgehead atoms. The summed E-state index contributed by atoms with van der Waals surface area (Å²) in [7, 11) is 0. The van der Waals surface area contributed by atoms with E-state index in [2.05, 4.69) is 12.2 Å². The molecule has 1 saturated carbocycles. The van der Waals surface area contributed by atoms with E-state index < -0.39 is 5.91 Å². The van der Waals surface area contributed by atoms with Gasteiger partial charge in [0.1, 0.15) is 0 Å². The van der Waals surface area contributed by atoms with E-state index in [9.17, 15) is 4.79 Å². The van der Waals surface area contributed by atoms with Gasteiger partial charge in [0.05, 0.1) is 5.56 Å². The lowest BCUT2D eigenvalue weighted by Crippen LogP contribution is -2.21. The second-order valence-electron chi connectivity index (χ2n) is 4.44. The number of amides is 1. The maximum absolute atomic E-state index is 11.2. The minimum atomic E-state index is -0.425. The number of rotatable bonds is 4. The molecular formula is C12H17N3O. The van der Waals surface area contributed by atoms with Gasteiger partial charge in [-0.1, -0.05) is 0 Å². The van der Waals surface area contributed by atoms with E-state index in [0.717, 1.165) is 5.69 Å². The molecule has 16 heavy (non-hydrogen) atoms. The van der Waals surface area contributed by atoms with E-state index in [1.807, 2.05) is 0 Å². The average molecular weight is 219 g/mol. The van der Waals surface area contributed by atoms with Crippen LogP contribution >= 0.6 is 0 Å². The number of carbonyl (C=O) groups excluding carboxylic acids is 1. The summed E-state index contributed by atoms with van der Waals surface area (Å²) in [5, 5.41) is 3.31. The van der Waals surface area contributed by atoms with E-state index in [-0.39, 0.29) is 0 Å². The molecule has 1 fully saturated rings. The molecule has 5 N–H and O–H groups in total. The topological polar surface area (TPSA) is 81.1 Å². The molecule has 1 unspecified atom stereocenters. The Morgan fingerprint density at radius 1 is 1.50 bits per heavy atom. The molecule has 2 rings (SSSR count). The van der Waals surface area contributed by atoms with Gasteiger partial charge < -0.3 is 16.8 Å². The Morgan fingerprint density at radius 2 is 2.19 bits per heavy atom. The van der Waals surface area contributed by atoms with Crippen LogP contribution in [0.3, 0.4) is 0 Å². The van der Waals surface area contributed by atoms with Gasteiger partial charge in [0, 0.05) is 17.4 Å². The first-order valence-electron chi connectivity index (χ1n) is 5.54. The highest BCUT2D eigenvalue weighted by Gasteiger charge is 2.28. The normalized spacial score (nSPS) is 16.8. The predicted molar refractivity (Wildman–Crippen MR) is 65.2 cm³/mol. The number of hydrogen-bond donors (Lipinski definition) is 3. The van der Waals surface area contributed by atoms with Crippen molar-refractivity contribution in [3.05, 3.63) is 23.8 Å². The second-order valence-corrected chi connectivity index (χ2v) is 4.44. The Balaban J connectivity index is 2.22. The molecular weight excluding hydrogens is 202 g/mol. The van der Waals surface area contributed by atoms with Crippen molar-refractivity contribution in [2.24, 2.45) is 11.7 Å². The number of nitrogens with two attached hydrogens (primary N) is 2. The lowest BCUT2D eigenvalue weighted by atomic mass is 10.1. The Labute approximate surface area is 95.0 Å². The quantitative estimate of drug-likeness (QED) is 0.672. The van der Waals surface area contributed by atoms with Crippen LogP contribution in [-0.2, 0) is 0 Å². The summed E-state index contributed by atoms with van der Waals surface area (Å²) in [4.78, 5) is 11.2. The molecule has 0 radical (unpaired) electrons. The van der Waals surface area contributed by atoms with Crippen LogP contribution in [0.15, 0.2) is 18.2 Å². The molecule has 0 spiro atoms. The lowest BCUT2D eigenvalue weighted by Gasteiger charge is -2.17. The third-order valence-electron chi connectivity index (χ3n) is 3.02. The first-order chi connectivity index (χ1) is 7.58. The highest BCUT2D eigenvalue weighted by atomic mass is 16.1. The summed E-state index contributed by atoms with van der Waals surface area (Å²) < 4.78 is 0. The number of benzene rings is 1. The minimum absolute atomic E-state index is 0.361. The number of primary amides is 1. The fourth-order valence-corrected chi connectivity index (χ4v) is 1.86. The Morgan fingerprint density at radius 3 is 2.75 bits per heavy atom. The summed E-state index contributed by atoms with van der Waals surface area (Å²) in [5.41, 5.74) is 12.9. The number of nitrogen functional groups attached to an aromatic ring is 1. The van der Waals surface area contributed by atoms with Gasteiger partial charge in [0.2, 0.25) is 0 Å². The van der Waals surface area contributed by atoms with Crippen LogP contribution in [-0.4, -0.2) is 11.9 Å². The summed E-state index contributed by atoms with van der Waals surface area (Å²) in [6, 6.07) is 5.48. The van der Waals surface area contributed by atoms with Crippen molar-refractivity contribution in [3.8, 4) is 0 Å². The van der Waals surface area contributed by atoms with Crippen LogP contribution in [0.5, 0.6) is 0 Å². The predicted octanol–water partition coefficient (Wildman–Crippen LogP) is 1.58. The number of hydrogen-bond acceptors (Lipinski definition) is 3. The molecule has 1 amide bonds. The van der Waals surface area contributed by atoms with Gasteiger partial charge in [-0.3, -0.25) is 4.79 Å². The van der Waals surface area contributed by atoms with Gasteiger partial charge >= 0.3 is 0 Å². The maximum atomic E-state index is 11.2. The van der Waals surface area contributed by atoms with Gasteiger partial charge in [0.25, 0.3) is 5.91 Å². The Hall–Kier alpha value is -1.71. The average Bonchev–Trinajstić information content (AvgIpc) is 2.99. The molecule has 4 heteroatoms. The number of nitrogens with one attached hydrogen (secondary N) is 1. The molecule has 1 atom stereocenters. The molecule has 0 aromatic heterocycles. The first-order valence-corrected chi connectivity index (χ1v) is 5.54. The fraction of sp³-hybridized carbons (Fsp3) is 0.417. The molecule has 4 nitrogen and oxygen atoms in total. The summed E-state index contributed by atoms with van der Waals surface area (Å²) >= 11 is 0. The zero-order valence-electron chi connectivity index (χ0n) is 9.36. The van der Waals surface area contributed by atoms with Crippen molar-refractivity contribution < 1.29 is 4.79 Å². The van der Waals surface area contributed by atoms with E-state index in [0.29, 0.717) is 23.2 Å². The monoisotopic (exact) mass is 219 g/mol. The van der Waals surface area contributed by atoms with Gasteiger partial charge in [-0.2, -0.15) is 0 Å². The van der Waals surface area contributed by atoms with Crippen molar-refractivity contribution in [3.63, 3.8) is 0 Å². The zero-order valence-corrected chi connectivity index (χ0v) is 9.36. The molecule has 1 aromatic rings. The first kappa shape index (κ1) is 10.8. The van der Waals surface area contributed by atoms with Crippen LogP contribution in [0.1, 0.15) is 30.1 Å². The fourth-order valence-electron chi connectivity index (χ4n) is 1.86. The third-order valence-corrected chi connectivity index (χ3v) is 3.02. The van der Waals surface area contributed by atoms with Gasteiger partial charge in [-0.15, -0.1) is 0 Å². The van der Waals surface area contributed by atoms with Gasteiger partial charge in [0.15, 0.2) is 0 Å². The Bertz CT molecular complexity index is 413. The highest BCUT2D eigenvalue weighted by molar-refractivity contribution is 5.99. The molecule has 0 saturated heterocycles. The molecule has 0 heterocycles. The molecule has 86 valence electrons. The van der Waals surface area contributed by atoms with Crippen molar-refractivity contribution in [2.75, 3.05) is 11.1 Å². The molecule has 1 aliphatic rings. The van der Waals surface area contributed by atoms with Gasteiger partial charge in [-0.25, -0.2) is 0 Å². The summed E-state index contributed by atoms with van der Waals surface area (Å²) in [5.74, 6) is 0.285. The van der Waals surface area contributed by atoms with E-state index >= 15 is 0 Å². The molecule has 0 aliphatic heterocycles. The number of carbonyl (C=O) groups is 1. The van der Waals surface area contributed by atoms with E-state index in [1.165, 1.54) is 12.8 Å². The number of anilines is 2. The van der Waals surface area contributed by atoms with Crippen molar-refractivity contribution >= 4 is 17.3 Å². The van der Waals surface area contributed by atoms with Crippen molar-refractivity contribution in [2.45, 2.75) is 25.8 Å². The smallest absolute Gasteiger partial charge is 0.250 e. The minimum Gasteiger partial charge on any atom is -0.399 e.